The number of fused-ring (bicyclic) bond motifs is 1. The summed E-state index contributed by atoms with van der Waals surface area (Å²) in [6.45, 7) is 3.72. The van der Waals surface area contributed by atoms with Crippen molar-refractivity contribution < 1.29 is 14.3 Å². The van der Waals surface area contributed by atoms with Gasteiger partial charge in [-0.15, -0.1) is 0 Å². The maximum Gasteiger partial charge on any atom is 0.410 e. The molecule has 0 saturated heterocycles. The number of H-pyrrole nitrogens is 1. The molecule has 1 aromatic carbocycles. The summed E-state index contributed by atoms with van der Waals surface area (Å²) in [6.07, 6.45) is 4.57. The molecule has 1 N–H and O–H groups in total. The smallest absolute Gasteiger partial charge is 0.410 e. The fraction of sp³-hybridized carbons (Fsp3) is 0.429. The molecule has 2 amide bonds. The molecular formula is C21H26BrN3O3. The number of carbonyl (C=O) groups is 2. The number of aromatic nitrogens is 1. The Kier molecular flexibility index (Phi) is 6.44. The lowest BCUT2D eigenvalue weighted by Gasteiger charge is -2.26. The van der Waals surface area contributed by atoms with E-state index in [9.17, 15) is 9.59 Å². The highest BCUT2D eigenvalue weighted by molar-refractivity contribution is 9.10. The minimum Gasteiger partial charge on any atom is -0.449 e. The van der Waals surface area contributed by atoms with E-state index in [0.717, 1.165) is 45.9 Å². The number of rotatable bonds is 5. The minimum atomic E-state index is -0.254. The summed E-state index contributed by atoms with van der Waals surface area (Å²) >= 11 is 3.57. The Morgan fingerprint density at radius 1 is 1.29 bits per heavy atom. The molecule has 0 unspecified atom stereocenters. The number of unbranched alkanes of at least 4 members (excludes halogenated alkanes) is 1. The number of benzene rings is 1. The van der Waals surface area contributed by atoms with Crippen molar-refractivity contribution in [2.75, 3.05) is 33.8 Å². The predicted octanol–water partition coefficient (Wildman–Crippen LogP) is 4.66. The Morgan fingerprint density at radius 2 is 2.07 bits per heavy atom. The number of hydrogen-bond acceptors (Lipinski definition) is 3. The van der Waals surface area contributed by atoms with Gasteiger partial charge in [0.05, 0.1) is 18.7 Å². The highest BCUT2D eigenvalue weighted by Crippen LogP contribution is 2.30. The summed E-state index contributed by atoms with van der Waals surface area (Å²) in [5.74, 6) is -0.0387. The fourth-order valence-corrected chi connectivity index (χ4v) is 3.82. The van der Waals surface area contributed by atoms with Gasteiger partial charge in [-0.05, 0) is 52.5 Å². The van der Waals surface area contributed by atoms with Gasteiger partial charge in [0.1, 0.15) is 0 Å². The monoisotopic (exact) mass is 447 g/mol. The normalized spacial score (nSPS) is 14.1. The Labute approximate surface area is 173 Å². The fourth-order valence-electron chi connectivity index (χ4n) is 3.24. The van der Waals surface area contributed by atoms with Crippen LogP contribution in [0.15, 0.2) is 28.7 Å². The highest BCUT2D eigenvalue weighted by Gasteiger charge is 2.22. The number of halogens is 1. The first-order valence-electron chi connectivity index (χ1n) is 9.55. The van der Waals surface area contributed by atoms with Crippen molar-refractivity contribution in [2.24, 2.45) is 0 Å². The van der Waals surface area contributed by atoms with Gasteiger partial charge in [-0.2, -0.15) is 0 Å². The molecule has 2 heterocycles. The SMILES string of the molecule is CCCCOC(=O)N1CCC=C(c2cc3cc(C(=O)N(C)C)cc(Br)c3[nH]2)C1. The van der Waals surface area contributed by atoms with Gasteiger partial charge in [-0.3, -0.25) is 4.79 Å². The molecule has 3 rings (SSSR count). The molecule has 0 fully saturated rings. The maximum absolute atomic E-state index is 12.3. The predicted molar refractivity (Wildman–Crippen MR) is 114 cm³/mol. The summed E-state index contributed by atoms with van der Waals surface area (Å²) in [5.41, 5.74) is 3.58. The molecule has 0 saturated carbocycles. The molecule has 0 aliphatic carbocycles. The lowest BCUT2D eigenvalue weighted by molar-refractivity contribution is 0.0827. The summed E-state index contributed by atoms with van der Waals surface area (Å²) < 4.78 is 6.19. The van der Waals surface area contributed by atoms with Crippen LogP contribution in [0.3, 0.4) is 0 Å². The van der Waals surface area contributed by atoms with Gasteiger partial charge in [0.2, 0.25) is 0 Å². The molecule has 0 radical (unpaired) electrons. The topological polar surface area (TPSA) is 65.6 Å². The van der Waals surface area contributed by atoms with Crippen LogP contribution in [0, 0.1) is 0 Å². The first-order chi connectivity index (χ1) is 13.4. The Hall–Kier alpha value is -2.28. The van der Waals surface area contributed by atoms with E-state index in [4.69, 9.17) is 4.74 Å². The third kappa shape index (κ3) is 4.41. The van der Waals surface area contributed by atoms with Crippen molar-refractivity contribution in [3.8, 4) is 0 Å². The van der Waals surface area contributed by atoms with Crippen LogP contribution in [0.25, 0.3) is 16.5 Å². The number of nitrogens with one attached hydrogen (secondary N) is 1. The van der Waals surface area contributed by atoms with Gasteiger partial charge in [0, 0.05) is 41.8 Å². The zero-order valence-electron chi connectivity index (χ0n) is 16.5. The van der Waals surface area contributed by atoms with Crippen molar-refractivity contribution in [1.82, 2.24) is 14.8 Å². The van der Waals surface area contributed by atoms with Gasteiger partial charge >= 0.3 is 6.09 Å². The maximum atomic E-state index is 12.3. The van der Waals surface area contributed by atoms with E-state index in [1.807, 2.05) is 18.2 Å². The quantitative estimate of drug-likeness (QED) is 0.677. The number of aromatic amines is 1. The van der Waals surface area contributed by atoms with Crippen molar-refractivity contribution in [2.45, 2.75) is 26.2 Å². The lowest BCUT2D eigenvalue weighted by atomic mass is 10.1. The zero-order valence-corrected chi connectivity index (χ0v) is 18.1. The van der Waals surface area contributed by atoms with E-state index in [1.165, 1.54) is 0 Å². The number of amides is 2. The van der Waals surface area contributed by atoms with E-state index in [0.29, 0.717) is 25.3 Å². The minimum absolute atomic E-state index is 0.0387. The molecule has 150 valence electrons. The van der Waals surface area contributed by atoms with Crippen molar-refractivity contribution >= 4 is 44.4 Å². The second kappa shape index (κ2) is 8.82. The van der Waals surface area contributed by atoms with E-state index in [1.54, 1.807) is 23.9 Å². The van der Waals surface area contributed by atoms with Gasteiger partial charge in [-0.25, -0.2) is 4.79 Å². The number of nitrogens with zero attached hydrogens (tertiary/aromatic N) is 2. The highest BCUT2D eigenvalue weighted by atomic mass is 79.9. The molecule has 1 aliphatic rings. The second-order valence-electron chi connectivity index (χ2n) is 7.21. The standard InChI is InChI=1S/C21H26BrN3O3/c1-4-5-9-28-21(27)25-8-6-7-14(13-25)18-12-15-10-16(20(26)24(2)3)11-17(22)19(15)23-18/h7,10-12,23H,4-6,8-9,13H2,1-3H3. The molecule has 0 spiro atoms. The summed E-state index contributed by atoms with van der Waals surface area (Å²) in [5, 5.41) is 0.957. The largest absolute Gasteiger partial charge is 0.449 e. The molecule has 7 heteroatoms. The average Bonchev–Trinajstić information content (AvgIpc) is 3.12. The summed E-state index contributed by atoms with van der Waals surface area (Å²) in [6, 6.07) is 5.75. The average molecular weight is 448 g/mol. The Balaban J connectivity index is 1.81. The van der Waals surface area contributed by atoms with Crippen LogP contribution in [0.4, 0.5) is 4.79 Å². The van der Waals surface area contributed by atoms with Crippen LogP contribution in [-0.2, 0) is 4.74 Å². The molecular weight excluding hydrogens is 422 g/mol. The van der Waals surface area contributed by atoms with Crippen LogP contribution in [-0.4, -0.2) is 60.6 Å². The van der Waals surface area contributed by atoms with Gasteiger partial charge in [0.15, 0.2) is 0 Å². The van der Waals surface area contributed by atoms with Gasteiger partial charge in [0.25, 0.3) is 5.91 Å². The third-order valence-corrected chi connectivity index (χ3v) is 5.44. The molecule has 0 atom stereocenters. The van der Waals surface area contributed by atoms with Crippen LogP contribution >= 0.6 is 15.9 Å². The van der Waals surface area contributed by atoms with E-state index in [-0.39, 0.29) is 12.0 Å². The van der Waals surface area contributed by atoms with Gasteiger partial charge < -0.3 is 19.5 Å². The van der Waals surface area contributed by atoms with E-state index >= 15 is 0 Å². The number of carbonyl (C=O) groups excluding carboxylic acids is 2. The Morgan fingerprint density at radius 3 is 2.79 bits per heavy atom. The van der Waals surface area contributed by atoms with Gasteiger partial charge in [-0.1, -0.05) is 19.4 Å². The third-order valence-electron chi connectivity index (χ3n) is 4.81. The van der Waals surface area contributed by atoms with Crippen molar-refractivity contribution in [3.05, 3.63) is 40.0 Å². The van der Waals surface area contributed by atoms with Crippen LogP contribution < -0.4 is 0 Å². The molecule has 2 aromatic rings. The summed E-state index contributed by atoms with van der Waals surface area (Å²) in [7, 11) is 3.48. The molecule has 6 nitrogen and oxygen atoms in total. The summed E-state index contributed by atoms with van der Waals surface area (Å²) in [4.78, 5) is 31.3. The number of ether oxygens (including phenoxy) is 1. The second-order valence-corrected chi connectivity index (χ2v) is 8.07. The van der Waals surface area contributed by atoms with E-state index < -0.39 is 0 Å². The molecule has 1 aliphatic heterocycles. The first-order valence-corrected chi connectivity index (χ1v) is 10.3. The van der Waals surface area contributed by atoms with Crippen LogP contribution in [0.5, 0.6) is 0 Å². The lowest BCUT2D eigenvalue weighted by Crippen LogP contribution is -2.36. The van der Waals surface area contributed by atoms with Crippen molar-refractivity contribution in [1.29, 1.82) is 0 Å². The van der Waals surface area contributed by atoms with Crippen LogP contribution in [0.1, 0.15) is 42.2 Å². The van der Waals surface area contributed by atoms with Crippen molar-refractivity contribution in [3.63, 3.8) is 0 Å². The van der Waals surface area contributed by atoms with Crippen LogP contribution in [0.2, 0.25) is 0 Å². The number of hydrogen-bond donors (Lipinski definition) is 1. The Bertz CT molecular complexity index is 917. The molecule has 28 heavy (non-hydrogen) atoms. The zero-order chi connectivity index (χ0) is 20.3. The molecule has 0 bridgehead atoms. The molecule has 1 aromatic heterocycles. The first kappa shape index (κ1) is 20.5. The van der Waals surface area contributed by atoms with E-state index in [2.05, 4.69) is 33.9 Å².